The summed E-state index contributed by atoms with van der Waals surface area (Å²) in [5.74, 6) is 0. The quantitative estimate of drug-likeness (QED) is 0.835. The first-order valence-corrected chi connectivity index (χ1v) is 6.02. The van der Waals surface area contributed by atoms with Gasteiger partial charge >= 0.3 is 0 Å². The van der Waals surface area contributed by atoms with Crippen molar-refractivity contribution in [3.05, 3.63) is 28.2 Å². The van der Waals surface area contributed by atoms with Crippen molar-refractivity contribution in [2.24, 2.45) is 0 Å². The summed E-state index contributed by atoms with van der Waals surface area (Å²) in [5.41, 5.74) is 6.92. The van der Waals surface area contributed by atoms with E-state index in [1.165, 1.54) is 5.56 Å². The zero-order chi connectivity index (χ0) is 12.3. The molecule has 0 aliphatic heterocycles. The summed E-state index contributed by atoms with van der Waals surface area (Å²) in [6.45, 7) is 5.03. The van der Waals surface area contributed by atoms with Crippen molar-refractivity contribution in [1.29, 1.82) is 0 Å². The lowest BCUT2D eigenvalue weighted by molar-refractivity contribution is 0.0424. The Morgan fingerprint density at radius 1 is 1.44 bits per heavy atom. The Labute approximate surface area is 105 Å². The highest BCUT2D eigenvalue weighted by atomic mass is 79.9. The fourth-order valence-corrected chi connectivity index (χ4v) is 2.22. The summed E-state index contributed by atoms with van der Waals surface area (Å²) >= 11 is 3.49. The minimum absolute atomic E-state index is 0.629. The highest BCUT2D eigenvalue weighted by Gasteiger charge is 2.16. The number of nitrogens with zero attached hydrogens (tertiary/aromatic N) is 1. The number of rotatable bonds is 4. The van der Waals surface area contributed by atoms with Crippen molar-refractivity contribution in [3.8, 4) is 0 Å². The molecule has 1 aromatic carbocycles. The van der Waals surface area contributed by atoms with E-state index in [9.17, 15) is 5.11 Å². The Kier molecular flexibility index (Phi) is 4.35. The van der Waals surface area contributed by atoms with Crippen LogP contribution in [0.15, 0.2) is 22.7 Å². The number of nitrogen functional groups attached to an aromatic ring is 1. The largest absolute Gasteiger partial charge is 0.399 e. The molecule has 4 heteroatoms. The van der Waals surface area contributed by atoms with Gasteiger partial charge in [-0.3, -0.25) is 4.90 Å². The normalized spacial score (nSPS) is 12.1. The smallest absolute Gasteiger partial charge is 0.0718 e. The van der Waals surface area contributed by atoms with Crippen molar-refractivity contribution in [2.75, 3.05) is 19.3 Å². The topological polar surface area (TPSA) is 49.5 Å². The van der Waals surface area contributed by atoms with E-state index in [4.69, 9.17) is 5.73 Å². The lowest BCUT2D eigenvalue weighted by atomic mass is 10.1. The van der Waals surface area contributed by atoms with Crippen molar-refractivity contribution in [2.45, 2.75) is 26.0 Å². The van der Waals surface area contributed by atoms with Gasteiger partial charge in [-0.1, -0.05) is 22.0 Å². The number of hydrogen-bond acceptors (Lipinski definition) is 3. The molecule has 0 heterocycles. The van der Waals surface area contributed by atoms with Crippen LogP contribution in [0.2, 0.25) is 0 Å². The van der Waals surface area contributed by atoms with Gasteiger partial charge in [0.1, 0.15) is 0 Å². The molecular formula is C12H19BrN2O. The zero-order valence-corrected chi connectivity index (χ0v) is 11.6. The van der Waals surface area contributed by atoms with E-state index in [-0.39, 0.29) is 0 Å². The predicted molar refractivity (Wildman–Crippen MR) is 71.2 cm³/mol. The fraction of sp³-hybridized carbons (Fsp3) is 0.500. The Morgan fingerprint density at radius 2 is 2.06 bits per heavy atom. The summed E-state index contributed by atoms with van der Waals surface area (Å²) in [6.07, 6.45) is 0. The molecule has 1 rings (SSSR count). The van der Waals surface area contributed by atoms with Gasteiger partial charge in [-0.15, -0.1) is 0 Å². The summed E-state index contributed by atoms with van der Waals surface area (Å²) in [4.78, 5) is 2.08. The third kappa shape index (κ3) is 4.51. The van der Waals surface area contributed by atoms with Gasteiger partial charge in [0, 0.05) is 23.2 Å². The number of nitrogens with two attached hydrogens (primary N) is 1. The second kappa shape index (κ2) is 5.17. The first-order chi connectivity index (χ1) is 7.28. The van der Waals surface area contributed by atoms with Crippen LogP contribution in [0, 0.1) is 0 Å². The van der Waals surface area contributed by atoms with Gasteiger partial charge in [0.15, 0.2) is 0 Å². The number of halogens is 1. The molecule has 90 valence electrons. The van der Waals surface area contributed by atoms with E-state index in [2.05, 4.69) is 20.8 Å². The third-order valence-electron chi connectivity index (χ3n) is 2.17. The first kappa shape index (κ1) is 13.5. The Hall–Kier alpha value is -0.580. The van der Waals surface area contributed by atoms with Crippen LogP contribution in [0.4, 0.5) is 5.69 Å². The first-order valence-electron chi connectivity index (χ1n) is 5.23. The zero-order valence-electron chi connectivity index (χ0n) is 10.00. The van der Waals surface area contributed by atoms with Crippen molar-refractivity contribution in [3.63, 3.8) is 0 Å². The maximum atomic E-state index is 9.71. The minimum Gasteiger partial charge on any atom is -0.399 e. The van der Waals surface area contributed by atoms with Gasteiger partial charge in [-0.25, -0.2) is 0 Å². The molecule has 0 atom stereocenters. The molecule has 1 aromatic rings. The average molecular weight is 287 g/mol. The van der Waals surface area contributed by atoms with Crippen LogP contribution < -0.4 is 5.73 Å². The number of likely N-dealkylation sites (N-methyl/N-ethyl adjacent to an activating group) is 1. The lowest BCUT2D eigenvalue weighted by Gasteiger charge is -2.25. The van der Waals surface area contributed by atoms with Crippen LogP contribution in [0.3, 0.4) is 0 Å². The van der Waals surface area contributed by atoms with Gasteiger partial charge in [-0.2, -0.15) is 0 Å². The third-order valence-corrected chi connectivity index (χ3v) is 2.91. The van der Waals surface area contributed by atoms with E-state index in [1.54, 1.807) is 0 Å². The second-order valence-corrected chi connectivity index (χ2v) is 5.69. The van der Waals surface area contributed by atoms with Crippen LogP contribution in [0.1, 0.15) is 19.4 Å². The molecule has 0 unspecified atom stereocenters. The van der Waals surface area contributed by atoms with Crippen molar-refractivity contribution >= 4 is 21.6 Å². The molecule has 0 bridgehead atoms. The Balaban J connectivity index is 2.66. The molecule has 3 N–H and O–H groups in total. The van der Waals surface area contributed by atoms with E-state index in [0.29, 0.717) is 6.54 Å². The number of benzene rings is 1. The van der Waals surface area contributed by atoms with Crippen molar-refractivity contribution < 1.29 is 5.11 Å². The van der Waals surface area contributed by atoms with Gasteiger partial charge in [0.05, 0.1) is 5.60 Å². The van der Waals surface area contributed by atoms with Gasteiger partial charge in [0.25, 0.3) is 0 Å². The highest BCUT2D eigenvalue weighted by molar-refractivity contribution is 9.10. The van der Waals surface area contributed by atoms with Crippen molar-refractivity contribution in [1.82, 2.24) is 4.90 Å². The van der Waals surface area contributed by atoms with E-state index >= 15 is 0 Å². The maximum Gasteiger partial charge on any atom is 0.0718 e. The van der Waals surface area contributed by atoms with E-state index in [1.807, 2.05) is 39.1 Å². The minimum atomic E-state index is -0.672. The highest BCUT2D eigenvalue weighted by Crippen LogP contribution is 2.21. The van der Waals surface area contributed by atoms with Crippen LogP contribution >= 0.6 is 15.9 Å². The average Bonchev–Trinajstić information content (AvgIpc) is 2.06. The van der Waals surface area contributed by atoms with Crippen LogP contribution in [-0.2, 0) is 6.54 Å². The number of anilines is 1. The standard InChI is InChI=1S/C12H19BrN2O/c1-12(2,16)8-15(3)7-9-4-5-10(14)6-11(9)13/h4-6,16H,7-8,14H2,1-3H3. The summed E-state index contributed by atoms with van der Waals surface area (Å²) in [7, 11) is 1.99. The fourth-order valence-electron chi connectivity index (χ4n) is 1.70. The summed E-state index contributed by atoms with van der Waals surface area (Å²) < 4.78 is 1.01. The Morgan fingerprint density at radius 3 is 2.56 bits per heavy atom. The van der Waals surface area contributed by atoms with E-state index < -0.39 is 5.60 Å². The molecule has 0 aliphatic carbocycles. The molecule has 0 amide bonds. The van der Waals surface area contributed by atoms with Crippen LogP contribution in [0.5, 0.6) is 0 Å². The SMILES string of the molecule is CN(Cc1ccc(N)cc1Br)CC(C)(C)O. The van der Waals surface area contributed by atoms with Gasteiger partial charge in [0.2, 0.25) is 0 Å². The molecule has 3 nitrogen and oxygen atoms in total. The molecule has 0 spiro atoms. The monoisotopic (exact) mass is 286 g/mol. The van der Waals surface area contributed by atoms with E-state index in [0.717, 1.165) is 16.7 Å². The van der Waals surface area contributed by atoms with Gasteiger partial charge in [-0.05, 0) is 38.6 Å². The molecule has 0 aliphatic rings. The summed E-state index contributed by atoms with van der Waals surface area (Å²) in [6, 6.07) is 5.78. The number of aliphatic hydroxyl groups is 1. The van der Waals surface area contributed by atoms with Crippen LogP contribution in [0.25, 0.3) is 0 Å². The van der Waals surface area contributed by atoms with Crippen LogP contribution in [-0.4, -0.2) is 29.2 Å². The molecule has 16 heavy (non-hydrogen) atoms. The lowest BCUT2D eigenvalue weighted by Crippen LogP contribution is -2.35. The molecule has 0 radical (unpaired) electrons. The number of hydrogen-bond donors (Lipinski definition) is 2. The molecule has 0 aromatic heterocycles. The maximum absolute atomic E-state index is 9.71. The molecule has 0 saturated carbocycles. The molecule has 0 fully saturated rings. The Bertz CT molecular complexity index is 361. The summed E-state index contributed by atoms with van der Waals surface area (Å²) in [5, 5.41) is 9.71. The van der Waals surface area contributed by atoms with Gasteiger partial charge < -0.3 is 10.8 Å². The molecular weight excluding hydrogens is 268 g/mol. The second-order valence-electron chi connectivity index (χ2n) is 4.84. The molecule has 0 saturated heterocycles. The predicted octanol–water partition coefficient (Wildman–Crippen LogP) is 2.23.